The van der Waals surface area contributed by atoms with Gasteiger partial charge in [0.2, 0.25) is 0 Å². The summed E-state index contributed by atoms with van der Waals surface area (Å²) in [5, 5.41) is 0. The maximum absolute atomic E-state index is 12.3. The van der Waals surface area contributed by atoms with Crippen LogP contribution >= 0.6 is 11.3 Å². The van der Waals surface area contributed by atoms with Crippen LogP contribution in [0.2, 0.25) is 0 Å². The lowest BCUT2D eigenvalue weighted by Gasteiger charge is -2.08. The van der Waals surface area contributed by atoms with Gasteiger partial charge in [0.1, 0.15) is 5.82 Å². The number of thiophene rings is 1. The first-order valence-electron chi connectivity index (χ1n) is 6.04. The highest BCUT2D eigenvalue weighted by molar-refractivity contribution is 7.12. The SMILES string of the molecule is Cc1cc(=O)n(CC(=O)c2cc(C)sc2C)c(C)n1. The van der Waals surface area contributed by atoms with E-state index in [4.69, 9.17) is 0 Å². The van der Waals surface area contributed by atoms with E-state index < -0.39 is 0 Å². The van der Waals surface area contributed by atoms with Crippen LogP contribution in [-0.4, -0.2) is 15.3 Å². The van der Waals surface area contributed by atoms with Crippen LogP contribution in [0.5, 0.6) is 0 Å². The Morgan fingerprint density at radius 1 is 1.26 bits per heavy atom. The van der Waals surface area contributed by atoms with E-state index in [0.717, 1.165) is 9.75 Å². The first-order valence-corrected chi connectivity index (χ1v) is 6.85. The van der Waals surface area contributed by atoms with Crippen LogP contribution in [0, 0.1) is 27.7 Å². The van der Waals surface area contributed by atoms with Gasteiger partial charge in [-0.2, -0.15) is 0 Å². The summed E-state index contributed by atoms with van der Waals surface area (Å²) in [5.74, 6) is 0.528. The standard InChI is InChI=1S/C14H16N2O2S/c1-8-5-14(18)16(11(4)15-8)7-13(17)12-6-9(2)19-10(12)3/h5-6H,7H2,1-4H3. The zero-order valence-electron chi connectivity index (χ0n) is 11.5. The van der Waals surface area contributed by atoms with Crippen molar-refractivity contribution in [3.8, 4) is 0 Å². The summed E-state index contributed by atoms with van der Waals surface area (Å²) in [6, 6.07) is 3.33. The average molecular weight is 276 g/mol. The number of rotatable bonds is 3. The van der Waals surface area contributed by atoms with Crippen LogP contribution < -0.4 is 5.56 Å². The van der Waals surface area contributed by atoms with Crippen LogP contribution in [-0.2, 0) is 6.54 Å². The number of hydrogen-bond donors (Lipinski definition) is 0. The van der Waals surface area contributed by atoms with Crippen molar-refractivity contribution in [3.05, 3.63) is 49.3 Å². The van der Waals surface area contributed by atoms with Crippen molar-refractivity contribution in [2.75, 3.05) is 0 Å². The van der Waals surface area contributed by atoms with Gasteiger partial charge in [-0.1, -0.05) is 0 Å². The summed E-state index contributed by atoms with van der Waals surface area (Å²) in [4.78, 5) is 30.5. The Morgan fingerprint density at radius 2 is 1.95 bits per heavy atom. The van der Waals surface area contributed by atoms with Gasteiger partial charge in [0.05, 0.1) is 6.54 Å². The van der Waals surface area contributed by atoms with E-state index in [0.29, 0.717) is 17.1 Å². The molecule has 0 aliphatic carbocycles. The Kier molecular flexibility index (Phi) is 3.66. The predicted octanol–water partition coefficient (Wildman–Crippen LogP) is 2.42. The van der Waals surface area contributed by atoms with Crippen molar-refractivity contribution in [2.45, 2.75) is 34.2 Å². The van der Waals surface area contributed by atoms with Gasteiger partial charge in [0.25, 0.3) is 5.56 Å². The summed E-state index contributed by atoms with van der Waals surface area (Å²) < 4.78 is 1.42. The second-order valence-electron chi connectivity index (χ2n) is 4.62. The highest BCUT2D eigenvalue weighted by Crippen LogP contribution is 2.21. The topological polar surface area (TPSA) is 52.0 Å². The molecule has 0 radical (unpaired) electrons. The third kappa shape index (κ3) is 2.81. The number of carbonyl (C=O) groups is 1. The van der Waals surface area contributed by atoms with E-state index in [1.165, 1.54) is 10.6 Å². The summed E-state index contributed by atoms with van der Waals surface area (Å²) >= 11 is 1.60. The number of aryl methyl sites for hydroxylation is 4. The molecule has 5 heteroatoms. The Morgan fingerprint density at radius 3 is 2.47 bits per heavy atom. The molecule has 0 amide bonds. The normalized spacial score (nSPS) is 10.7. The monoisotopic (exact) mass is 276 g/mol. The fraction of sp³-hybridized carbons (Fsp3) is 0.357. The van der Waals surface area contributed by atoms with Gasteiger partial charge in [-0.3, -0.25) is 14.2 Å². The molecule has 2 rings (SSSR count). The molecule has 0 spiro atoms. The van der Waals surface area contributed by atoms with Crippen molar-refractivity contribution in [1.82, 2.24) is 9.55 Å². The molecule has 0 atom stereocenters. The summed E-state index contributed by atoms with van der Waals surface area (Å²) in [5.41, 5.74) is 1.20. The number of nitrogens with zero attached hydrogens (tertiary/aromatic N) is 2. The van der Waals surface area contributed by atoms with Crippen molar-refractivity contribution in [3.63, 3.8) is 0 Å². The van der Waals surface area contributed by atoms with Gasteiger partial charge < -0.3 is 0 Å². The van der Waals surface area contributed by atoms with Crippen LogP contribution in [0.15, 0.2) is 16.9 Å². The maximum atomic E-state index is 12.3. The fourth-order valence-corrected chi connectivity index (χ4v) is 3.04. The third-order valence-corrected chi connectivity index (χ3v) is 3.94. The van der Waals surface area contributed by atoms with E-state index >= 15 is 0 Å². The lowest BCUT2D eigenvalue weighted by atomic mass is 10.1. The molecule has 0 aromatic carbocycles. The second-order valence-corrected chi connectivity index (χ2v) is 6.08. The van der Waals surface area contributed by atoms with Gasteiger partial charge in [0, 0.05) is 27.1 Å². The maximum Gasteiger partial charge on any atom is 0.254 e. The summed E-state index contributed by atoms with van der Waals surface area (Å²) in [6.45, 7) is 7.46. The molecule has 4 nitrogen and oxygen atoms in total. The minimum absolute atomic E-state index is 0.0438. The predicted molar refractivity (Wildman–Crippen MR) is 76.1 cm³/mol. The zero-order chi connectivity index (χ0) is 14.2. The van der Waals surface area contributed by atoms with Crippen molar-refractivity contribution in [1.29, 1.82) is 0 Å². The molecule has 0 saturated heterocycles. The zero-order valence-corrected chi connectivity index (χ0v) is 12.3. The van der Waals surface area contributed by atoms with Crippen LogP contribution in [0.1, 0.15) is 31.6 Å². The Labute approximate surface area is 115 Å². The number of Topliss-reactive ketones (excluding diaryl/α,β-unsaturated/α-hetero) is 1. The van der Waals surface area contributed by atoms with E-state index in [-0.39, 0.29) is 17.9 Å². The number of hydrogen-bond acceptors (Lipinski definition) is 4. The summed E-state index contributed by atoms with van der Waals surface area (Å²) in [6.07, 6.45) is 0. The van der Waals surface area contributed by atoms with E-state index in [2.05, 4.69) is 4.98 Å². The van der Waals surface area contributed by atoms with Gasteiger partial charge in [-0.05, 0) is 33.8 Å². The van der Waals surface area contributed by atoms with Gasteiger partial charge in [-0.25, -0.2) is 4.98 Å². The third-order valence-electron chi connectivity index (χ3n) is 2.97. The van der Waals surface area contributed by atoms with E-state index in [1.807, 2.05) is 19.9 Å². The molecular weight excluding hydrogens is 260 g/mol. The lowest BCUT2D eigenvalue weighted by Crippen LogP contribution is -2.27. The molecule has 0 aliphatic rings. The van der Waals surface area contributed by atoms with Crippen LogP contribution in [0.25, 0.3) is 0 Å². The van der Waals surface area contributed by atoms with Crippen molar-refractivity contribution < 1.29 is 4.79 Å². The highest BCUT2D eigenvalue weighted by Gasteiger charge is 2.14. The molecule has 0 fully saturated rings. The molecule has 0 aliphatic heterocycles. The average Bonchev–Trinajstić information content (AvgIpc) is 2.62. The minimum Gasteiger partial charge on any atom is -0.292 e. The van der Waals surface area contributed by atoms with Crippen molar-refractivity contribution in [2.24, 2.45) is 0 Å². The fourth-order valence-electron chi connectivity index (χ4n) is 2.09. The molecule has 0 saturated carbocycles. The lowest BCUT2D eigenvalue weighted by molar-refractivity contribution is 0.0969. The molecule has 2 aromatic rings. The Hall–Kier alpha value is -1.75. The summed E-state index contributed by atoms with van der Waals surface area (Å²) in [7, 11) is 0. The molecule has 0 bridgehead atoms. The molecule has 0 N–H and O–H groups in total. The van der Waals surface area contributed by atoms with Crippen LogP contribution in [0.3, 0.4) is 0 Å². The molecular formula is C14H16N2O2S. The van der Waals surface area contributed by atoms with Crippen LogP contribution in [0.4, 0.5) is 0 Å². The van der Waals surface area contributed by atoms with E-state index in [1.54, 1.807) is 25.2 Å². The highest BCUT2D eigenvalue weighted by atomic mass is 32.1. The molecule has 2 aromatic heterocycles. The number of ketones is 1. The first kappa shape index (κ1) is 13.7. The largest absolute Gasteiger partial charge is 0.292 e. The Balaban J connectivity index is 2.35. The van der Waals surface area contributed by atoms with Crippen molar-refractivity contribution >= 4 is 17.1 Å². The van der Waals surface area contributed by atoms with Gasteiger partial charge in [-0.15, -0.1) is 11.3 Å². The molecule has 0 unspecified atom stereocenters. The molecule has 19 heavy (non-hydrogen) atoms. The number of carbonyl (C=O) groups excluding carboxylic acids is 1. The van der Waals surface area contributed by atoms with Gasteiger partial charge in [0.15, 0.2) is 5.78 Å². The quantitative estimate of drug-likeness (QED) is 0.809. The molecule has 100 valence electrons. The smallest absolute Gasteiger partial charge is 0.254 e. The minimum atomic E-state index is -0.178. The van der Waals surface area contributed by atoms with E-state index in [9.17, 15) is 9.59 Å². The number of aromatic nitrogens is 2. The second kappa shape index (κ2) is 5.09. The molecule has 2 heterocycles. The first-order chi connectivity index (χ1) is 8.88. The Bertz CT molecular complexity index is 698. The van der Waals surface area contributed by atoms with Gasteiger partial charge >= 0.3 is 0 Å².